The molecule has 0 saturated heterocycles. The fraction of sp³-hybridized carbons (Fsp3) is 0.222. The minimum absolute atomic E-state index is 0.899. The van der Waals surface area contributed by atoms with Crippen molar-refractivity contribution in [1.29, 1.82) is 0 Å². The molecule has 2 heteroatoms. The summed E-state index contributed by atoms with van der Waals surface area (Å²) in [7, 11) is 0. The lowest BCUT2D eigenvalue weighted by molar-refractivity contribution is 0.455. The largest absolute Gasteiger partial charge is 0.356 e. The van der Waals surface area contributed by atoms with Crippen LogP contribution < -0.4 is 0 Å². The lowest BCUT2D eigenvalue weighted by Gasteiger charge is -1.94. The zero-order chi connectivity index (χ0) is 7.84. The van der Waals surface area contributed by atoms with E-state index in [1.807, 2.05) is 6.92 Å². The summed E-state index contributed by atoms with van der Waals surface area (Å²) in [6.07, 6.45) is 1.75. The molecular weight excluding hydrogens is 138 g/mol. The average molecular weight is 147 g/mol. The van der Waals surface area contributed by atoms with E-state index in [4.69, 9.17) is 4.52 Å². The van der Waals surface area contributed by atoms with Crippen molar-refractivity contribution >= 4 is 11.0 Å². The Hall–Kier alpha value is -1.31. The van der Waals surface area contributed by atoms with Crippen molar-refractivity contribution in [2.75, 3.05) is 0 Å². The highest BCUT2D eigenvalue weighted by Crippen LogP contribution is 2.19. The van der Waals surface area contributed by atoms with Gasteiger partial charge in [-0.05, 0) is 31.0 Å². The zero-order valence-electron chi connectivity index (χ0n) is 6.59. The van der Waals surface area contributed by atoms with Gasteiger partial charge in [-0.15, -0.1) is 0 Å². The van der Waals surface area contributed by atoms with E-state index in [0.29, 0.717) is 0 Å². The van der Waals surface area contributed by atoms with E-state index in [1.54, 1.807) is 6.20 Å². The third-order valence-electron chi connectivity index (χ3n) is 1.78. The topological polar surface area (TPSA) is 26.0 Å². The van der Waals surface area contributed by atoms with E-state index < -0.39 is 0 Å². The molecule has 1 heterocycles. The summed E-state index contributed by atoms with van der Waals surface area (Å²) in [6.45, 7) is 4.10. The highest BCUT2D eigenvalue weighted by molar-refractivity contribution is 5.79. The fourth-order valence-corrected chi connectivity index (χ4v) is 1.34. The summed E-state index contributed by atoms with van der Waals surface area (Å²) in [6, 6.07) is 4.16. The Morgan fingerprint density at radius 2 is 2.09 bits per heavy atom. The molecule has 2 aromatic rings. The molecule has 0 atom stereocenters. The predicted molar refractivity (Wildman–Crippen MR) is 43.5 cm³/mol. The van der Waals surface area contributed by atoms with Crippen LogP contribution in [0.15, 0.2) is 22.9 Å². The first kappa shape index (κ1) is 6.40. The van der Waals surface area contributed by atoms with Gasteiger partial charge in [-0.1, -0.05) is 11.2 Å². The molecule has 0 N–H and O–H groups in total. The predicted octanol–water partition coefficient (Wildman–Crippen LogP) is 2.44. The van der Waals surface area contributed by atoms with Crippen molar-refractivity contribution < 1.29 is 4.52 Å². The lowest BCUT2D eigenvalue weighted by atomic mass is 10.1. The smallest absolute Gasteiger partial charge is 0.169 e. The summed E-state index contributed by atoms with van der Waals surface area (Å²) >= 11 is 0. The minimum Gasteiger partial charge on any atom is -0.356 e. The molecule has 0 amide bonds. The van der Waals surface area contributed by atoms with Crippen molar-refractivity contribution in [3.63, 3.8) is 0 Å². The van der Waals surface area contributed by atoms with Crippen LogP contribution in [0.5, 0.6) is 0 Å². The van der Waals surface area contributed by atoms with Crippen LogP contribution in [0, 0.1) is 13.8 Å². The Kier molecular flexibility index (Phi) is 1.22. The number of aryl methyl sites for hydroxylation is 2. The molecule has 0 fully saturated rings. The van der Waals surface area contributed by atoms with Gasteiger partial charge in [0.1, 0.15) is 0 Å². The van der Waals surface area contributed by atoms with Crippen molar-refractivity contribution in [1.82, 2.24) is 5.16 Å². The fourth-order valence-electron chi connectivity index (χ4n) is 1.34. The molecule has 1 aromatic heterocycles. The van der Waals surface area contributed by atoms with Crippen LogP contribution in [-0.4, -0.2) is 5.16 Å². The van der Waals surface area contributed by atoms with Crippen molar-refractivity contribution in [2.45, 2.75) is 13.8 Å². The van der Waals surface area contributed by atoms with Gasteiger partial charge in [0.2, 0.25) is 0 Å². The minimum atomic E-state index is 0.899. The van der Waals surface area contributed by atoms with E-state index in [2.05, 4.69) is 24.2 Å². The highest BCUT2D eigenvalue weighted by Gasteiger charge is 2.01. The maximum absolute atomic E-state index is 5.05. The monoisotopic (exact) mass is 147 g/mol. The normalized spacial score (nSPS) is 10.7. The van der Waals surface area contributed by atoms with Crippen LogP contribution in [0.25, 0.3) is 11.0 Å². The van der Waals surface area contributed by atoms with Gasteiger partial charge < -0.3 is 4.52 Å². The molecule has 2 nitrogen and oxygen atoms in total. The number of rotatable bonds is 0. The zero-order valence-corrected chi connectivity index (χ0v) is 6.59. The standard InChI is InChI=1S/C9H9NO/c1-6-3-7(2)9-8(4-6)5-10-11-9/h3-5H,1-2H3. The first-order valence-corrected chi connectivity index (χ1v) is 3.59. The summed E-state index contributed by atoms with van der Waals surface area (Å²) in [4.78, 5) is 0. The SMILES string of the molecule is Cc1cc(C)c2oncc2c1. The second-order valence-corrected chi connectivity index (χ2v) is 2.83. The maximum atomic E-state index is 5.05. The Morgan fingerprint density at radius 3 is 2.91 bits per heavy atom. The molecule has 0 aliphatic carbocycles. The molecular formula is C9H9NO. The number of hydrogen-bond donors (Lipinski definition) is 0. The Balaban J connectivity index is 2.91. The molecule has 0 bridgehead atoms. The number of nitrogens with zero attached hydrogens (tertiary/aromatic N) is 1. The second-order valence-electron chi connectivity index (χ2n) is 2.83. The van der Waals surface area contributed by atoms with Crippen LogP contribution in [0.4, 0.5) is 0 Å². The van der Waals surface area contributed by atoms with E-state index in [-0.39, 0.29) is 0 Å². The molecule has 0 unspecified atom stereocenters. The summed E-state index contributed by atoms with van der Waals surface area (Å²) in [5.74, 6) is 0. The van der Waals surface area contributed by atoms with E-state index in [9.17, 15) is 0 Å². The quantitative estimate of drug-likeness (QED) is 0.572. The van der Waals surface area contributed by atoms with Crippen LogP contribution in [0.2, 0.25) is 0 Å². The second kappa shape index (κ2) is 2.09. The molecule has 1 aromatic carbocycles. The molecule has 2 rings (SSSR count). The van der Waals surface area contributed by atoms with Crippen molar-refractivity contribution in [3.05, 3.63) is 29.5 Å². The Bertz CT molecular complexity index is 389. The van der Waals surface area contributed by atoms with Crippen molar-refractivity contribution in [3.8, 4) is 0 Å². The van der Waals surface area contributed by atoms with Crippen LogP contribution >= 0.6 is 0 Å². The number of benzene rings is 1. The van der Waals surface area contributed by atoms with Gasteiger partial charge in [0, 0.05) is 5.39 Å². The van der Waals surface area contributed by atoms with Gasteiger partial charge in [0.25, 0.3) is 0 Å². The van der Waals surface area contributed by atoms with Crippen LogP contribution in [-0.2, 0) is 0 Å². The third kappa shape index (κ3) is 0.909. The number of hydrogen-bond acceptors (Lipinski definition) is 2. The molecule has 0 spiro atoms. The summed E-state index contributed by atoms with van der Waals surface area (Å²) < 4.78 is 5.05. The maximum Gasteiger partial charge on any atom is 0.169 e. The van der Waals surface area contributed by atoms with Crippen LogP contribution in [0.3, 0.4) is 0 Å². The molecule has 0 radical (unpaired) electrons. The molecule has 0 aliphatic heterocycles. The highest BCUT2D eigenvalue weighted by atomic mass is 16.5. The molecule has 0 aliphatic rings. The van der Waals surface area contributed by atoms with Gasteiger partial charge in [0.05, 0.1) is 6.20 Å². The molecule has 11 heavy (non-hydrogen) atoms. The van der Waals surface area contributed by atoms with Gasteiger partial charge in [-0.3, -0.25) is 0 Å². The Morgan fingerprint density at radius 1 is 1.27 bits per heavy atom. The third-order valence-corrected chi connectivity index (χ3v) is 1.78. The summed E-state index contributed by atoms with van der Waals surface area (Å²) in [5, 5.41) is 4.81. The number of aromatic nitrogens is 1. The van der Waals surface area contributed by atoms with Gasteiger partial charge in [-0.25, -0.2) is 0 Å². The first-order valence-electron chi connectivity index (χ1n) is 3.59. The summed E-state index contributed by atoms with van der Waals surface area (Å²) in [5.41, 5.74) is 3.30. The van der Waals surface area contributed by atoms with Gasteiger partial charge in [0.15, 0.2) is 5.58 Å². The van der Waals surface area contributed by atoms with Gasteiger partial charge >= 0.3 is 0 Å². The van der Waals surface area contributed by atoms with Crippen LogP contribution in [0.1, 0.15) is 11.1 Å². The Labute approximate surface area is 64.8 Å². The molecule has 0 saturated carbocycles. The van der Waals surface area contributed by atoms with E-state index >= 15 is 0 Å². The van der Waals surface area contributed by atoms with Gasteiger partial charge in [-0.2, -0.15) is 0 Å². The van der Waals surface area contributed by atoms with Crippen molar-refractivity contribution in [2.24, 2.45) is 0 Å². The molecule has 56 valence electrons. The number of fused-ring (bicyclic) bond motifs is 1. The average Bonchev–Trinajstić information content (AvgIpc) is 2.34. The van der Waals surface area contributed by atoms with E-state index in [0.717, 1.165) is 16.5 Å². The lowest BCUT2D eigenvalue weighted by Crippen LogP contribution is -1.76. The first-order chi connectivity index (χ1) is 5.27. The van der Waals surface area contributed by atoms with E-state index in [1.165, 1.54) is 5.56 Å².